The van der Waals surface area contributed by atoms with Gasteiger partial charge >= 0.3 is 0 Å². The van der Waals surface area contributed by atoms with Gasteiger partial charge in [-0.05, 0) is 61.6 Å². The van der Waals surface area contributed by atoms with Crippen molar-refractivity contribution >= 4 is 40.3 Å². The monoisotopic (exact) mass is 711 g/mol. The van der Waals surface area contributed by atoms with Gasteiger partial charge in [-0.3, -0.25) is 24.0 Å². The highest BCUT2D eigenvalue weighted by Gasteiger charge is 2.33. The minimum absolute atomic E-state index is 0.0357. The summed E-state index contributed by atoms with van der Waals surface area (Å²) in [4.78, 5) is 74.4. The molecule has 1 heterocycles. The van der Waals surface area contributed by atoms with E-state index < -0.39 is 59.2 Å². The van der Waals surface area contributed by atoms with Crippen molar-refractivity contribution in [3.05, 3.63) is 102 Å². The Labute approximate surface area is 303 Å². The first-order chi connectivity index (χ1) is 24.8. The molecule has 4 rings (SSSR count). The van der Waals surface area contributed by atoms with E-state index in [9.17, 15) is 24.0 Å². The summed E-state index contributed by atoms with van der Waals surface area (Å²) >= 11 is 0. The predicted octanol–water partition coefficient (Wildman–Crippen LogP) is 0.882. The van der Waals surface area contributed by atoms with Crippen LogP contribution in [0.5, 0.6) is 0 Å². The molecule has 52 heavy (non-hydrogen) atoms. The minimum Gasteiger partial charge on any atom is -0.368 e. The summed E-state index contributed by atoms with van der Waals surface area (Å²) in [5.74, 6) is -3.19. The van der Waals surface area contributed by atoms with E-state index >= 15 is 0 Å². The van der Waals surface area contributed by atoms with Crippen LogP contribution in [0.3, 0.4) is 0 Å². The van der Waals surface area contributed by atoms with Crippen LogP contribution in [0.4, 0.5) is 0 Å². The highest BCUT2D eigenvalue weighted by molar-refractivity contribution is 5.97. The molecule has 14 heteroatoms. The largest absolute Gasteiger partial charge is 0.368 e. The summed E-state index contributed by atoms with van der Waals surface area (Å²) in [7, 11) is 0. The third-order valence-electron chi connectivity index (χ3n) is 8.65. The molecule has 0 bridgehead atoms. The lowest BCUT2D eigenvalue weighted by atomic mass is 9.97. The maximum Gasteiger partial charge on any atom is 0.243 e. The van der Waals surface area contributed by atoms with Gasteiger partial charge in [0, 0.05) is 31.2 Å². The second-order valence-electron chi connectivity index (χ2n) is 13.4. The summed E-state index contributed by atoms with van der Waals surface area (Å²) in [6, 6.07) is 18.0. The van der Waals surface area contributed by atoms with Crippen molar-refractivity contribution in [2.45, 2.75) is 82.1 Å². The molecule has 5 amide bonds. The summed E-state index contributed by atoms with van der Waals surface area (Å²) < 4.78 is 0. The number of imidazole rings is 1. The normalized spacial score (nSPS) is 13.7. The van der Waals surface area contributed by atoms with Gasteiger partial charge < -0.3 is 43.5 Å². The summed E-state index contributed by atoms with van der Waals surface area (Å²) in [6.07, 6.45) is 4.65. The van der Waals surface area contributed by atoms with Gasteiger partial charge in [0.15, 0.2) is 0 Å². The van der Waals surface area contributed by atoms with E-state index in [1.807, 2.05) is 72.8 Å². The van der Waals surface area contributed by atoms with Crippen molar-refractivity contribution in [2.24, 2.45) is 17.2 Å². The molecule has 276 valence electrons. The molecule has 0 saturated heterocycles. The third-order valence-corrected chi connectivity index (χ3v) is 8.65. The van der Waals surface area contributed by atoms with Gasteiger partial charge in [-0.2, -0.15) is 0 Å². The molecule has 4 atom stereocenters. The van der Waals surface area contributed by atoms with Crippen molar-refractivity contribution < 1.29 is 24.0 Å². The molecule has 0 aliphatic heterocycles. The number of nitrogens with zero attached hydrogens (tertiary/aromatic N) is 1. The number of aromatic nitrogens is 2. The molecule has 14 nitrogen and oxygen atoms in total. The fourth-order valence-electron chi connectivity index (χ4n) is 5.72. The number of carbonyl (C=O) groups is 5. The van der Waals surface area contributed by atoms with Gasteiger partial charge in [0.25, 0.3) is 0 Å². The lowest BCUT2D eigenvalue weighted by Gasteiger charge is -2.28. The van der Waals surface area contributed by atoms with Gasteiger partial charge in [0.05, 0.1) is 11.9 Å². The summed E-state index contributed by atoms with van der Waals surface area (Å²) in [6.45, 7) is 3.46. The molecule has 0 saturated carbocycles. The first kappa shape index (κ1) is 39.2. The first-order valence-electron chi connectivity index (χ1n) is 17.3. The molecule has 4 aromatic rings. The minimum atomic E-state index is -1.29. The van der Waals surface area contributed by atoms with Crippen LogP contribution in [0, 0.1) is 0 Å². The topological polar surface area (TPSA) is 240 Å². The van der Waals surface area contributed by atoms with E-state index in [2.05, 4.69) is 31.2 Å². The number of aromatic amines is 1. The number of fused-ring (bicyclic) bond motifs is 1. The predicted molar refractivity (Wildman–Crippen MR) is 198 cm³/mol. The average Bonchev–Trinajstić information content (AvgIpc) is 3.63. The maximum atomic E-state index is 14.3. The van der Waals surface area contributed by atoms with Crippen LogP contribution in [-0.4, -0.2) is 75.8 Å². The van der Waals surface area contributed by atoms with Gasteiger partial charge in [0.2, 0.25) is 29.5 Å². The van der Waals surface area contributed by atoms with Gasteiger partial charge in [-0.15, -0.1) is 0 Å². The Morgan fingerprint density at radius 1 is 0.731 bits per heavy atom. The molecule has 0 unspecified atom stereocenters. The Kier molecular flexibility index (Phi) is 14.0. The first-order valence-corrected chi connectivity index (χ1v) is 17.3. The van der Waals surface area contributed by atoms with E-state index in [0.717, 1.165) is 21.9 Å². The molecule has 0 aliphatic carbocycles. The lowest BCUT2D eigenvalue weighted by molar-refractivity contribution is -0.134. The highest BCUT2D eigenvalue weighted by atomic mass is 16.2. The van der Waals surface area contributed by atoms with Crippen LogP contribution in [0.25, 0.3) is 10.8 Å². The van der Waals surface area contributed by atoms with Crippen LogP contribution >= 0.6 is 0 Å². The molecule has 0 fully saturated rings. The molecular formula is C38H49N9O5. The summed E-state index contributed by atoms with van der Waals surface area (Å²) in [5.41, 5.74) is 18.1. The van der Waals surface area contributed by atoms with Crippen LogP contribution < -0.4 is 38.5 Å². The van der Waals surface area contributed by atoms with Crippen LogP contribution in [-0.2, 0) is 43.2 Å². The van der Waals surface area contributed by atoms with Crippen molar-refractivity contribution in [3.63, 3.8) is 0 Å². The van der Waals surface area contributed by atoms with Gasteiger partial charge in [-0.1, -0.05) is 72.8 Å². The van der Waals surface area contributed by atoms with E-state index in [-0.39, 0.29) is 25.7 Å². The van der Waals surface area contributed by atoms with Gasteiger partial charge in [-0.25, -0.2) is 4.98 Å². The number of rotatable bonds is 19. The third kappa shape index (κ3) is 11.5. The maximum absolute atomic E-state index is 14.3. The zero-order chi connectivity index (χ0) is 37.7. The number of benzene rings is 3. The van der Waals surface area contributed by atoms with Crippen LogP contribution in [0.1, 0.15) is 49.9 Å². The standard InChI is InChI=1S/C38H49N9O5/c1-38(2,41)37(52)47-32(21-27-22-42-23-43-27)36(51)46-31(20-26-15-10-14-25-13-6-7-16-28(25)26)35(50)45-30(19-24-11-4-3-5-12-24)34(49)44-29(33(40)48)17-8-9-18-39/h3-7,10-16,22-23,29-32H,8-9,17-21,39,41H2,1-2H3,(H2,40,48)(H,42,43)(H,44,49)(H,45,50)(H,46,51)(H,47,52)/t29-,30-,31-,32-/m0/s1. The second-order valence-corrected chi connectivity index (χ2v) is 13.4. The highest BCUT2D eigenvalue weighted by Crippen LogP contribution is 2.20. The number of amides is 5. The van der Waals surface area contributed by atoms with Crippen LogP contribution in [0.15, 0.2) is 85.3 Å². The second kappa shape index (κ2) is 18.6. The van der Waals surface area contributed by atoms with Crippen LogP contribution in [0.2, 0.25) is 0 Å². The number of primary amides is 1. The Bertz CT molecular complexity index is 1800. The van der Waals surface area contributed by atoms with E-state index in [1.165, 1.54) is 26.4 Å². The molecule has 0 radical (unpaired) electrons. The van der Waals surface area contributed by atoms with Gasteiger partial charge in [0.1, 0.15) is 24.2 Å². The molecule has 3 aromatic carbocycles. The van der Waals surface area contributed by atoms with Crippen molar-refractivity contribution in [1.29, 1.82) is 0 Å². The zero-order valence-electron chi connectivity index (χ0n) is 29.6. The molecule has 11 N–H and O–H groups in total. The fraction of sp³-hybridized carbons (Fsp3) is 0.368. The van der Waals surface area contributed by atoms with Crippen molar-refractivity contribution in [1.82, 2.24) is 31.2 Å². The molecule has 0 spiro atoms. The number of nitrogens with two attached hydrogens (primary N) is 3. The zero-order valence-corrected chi connectivity index (χ0v) is 29.6. The lowest BCUT2D eigenvalue weighted by Crippen LogP contribution is -2.60. The molecular weight excluding hydrogens is 662 g/mol. The number of nitrogens with one attached hydrogen (secondary N) is 5. The molecule has 0 aliphatic rings. The molecule has 1 aromatic heterocycles. The number of carbonyl (C=O) groups excluding carboxylic acids is 5. The Morgan fingerprint density at radius 2 is 1.33 bits per heavy atom. The summed E-state index contributed by atoms with van der Waals surface area (Å²) in [5, 5.41) is 12.9. The smallest absolute Gasteiger partial charge is 0.243 e. The van der Waals surface area contributed by atoms with E-state index in [0.29, 0.717) is 25.1 Å². The van der Waals surface area contributed by atoms with E-state index in [1.54, 1.807) is 0 Å². The fourth-order valence-corrected chi connectivity index (χ4v) is 5.72. The number of H-pyrrole nitrogens is 1. The Morgan fingerprint density at radius 3 is 1.94 bits per heavy atom. The number of unbranched alkanes of at least 4 members (excludes halogenated alkanes) is 1. The quantitative estimate of drug-likeness (QED) is 0.0648. The van der Waals surface area contributed by atoms with Crippen molar-refractivity contribution in [3.8, 4) is 0 Å². The number of hydrogen-bond donors (Lipinski definition) is 8. The van der Waals surface area contributed by atoms with Crippen molar-refractivity contribution in [2.75, 3.05) is 6.54 Å². The van der Waals surface area contributed by atoms with E-state index in [4.69, 9.17) is 17.2 Å². The Hall–Kier alpha value is -5.60. The SMILES string of the molecule is CC(C)(N)C(=O)N[C@@H](Cc1cnc[nH]1)C(=O)N[C@@H](Cc1cccc2ccccc12)C(=O)N[C@@H](Cc1ccccc1)C(=O)N[C@@H](CCCCN)C(N)=O. The Balaban J connectivity index is 1.67. The number of hydrogen-bond acceptors (Lipinski definition) is 8. The average molecular weight is 712 g/mol.